The van der Waals surface area contributed by atoms with Crippen LogP contribution >= 0.6 is 0 Å². The Morgan fingerprint density at radius 1 is 1.11 bits per heavy atom. The minimum atomic E-state index is -2.79. The fraction of sp³-hybridized carbons (Fsp3) is 0.440. The molecule has 0 radical (unpaired) electrons. The number of nitrogens with one attached hydrogen (secondary N) is 2. The van der Waals surface area contributed by atoms with Gasteiger partial charge in [0, 0.05) is 45.2 Å². The highest BCUT2D eigenvalue weighted by molar-refractivity contribution is 5.92. The number of H-pyrrole nitrogens is 1. The summed E-state index contributed by atoms with van der Waals surface area (Å²) >= 11 is 0. The molecule has 2 atom stereocenters. The molecule has 8 nitrogen and oxygen atoms in total. The normalized spacial score (nSPS) is 20.9. The number of halogens is 3. The van der Waals surface area contributed by atoms with E-state index in [4.69, 9.17) is 0 Å². The van der Waals surface area contributed by atoms with Crippen LogP contribution in [0, 0.1) is 5.82 Å². The molecule has 1 aromatic carbocycles. The first kappa shape index (κ1) is 24.2. The van der Waals surface area contributed by atoms with Crippen LogP contribution in [0.2, 0.25) is 0 Å². The second kappa shape index (κ2) is 9.88. The Balaban J connectivity index is 1.25. The second-order valence-corrected chi connectivity index (χ2v) is 9.28. The number of hydrogen-bond acceptors (Lipinski definition) is 6. The largest absolute Gasteiger partial charge is 0.367 e. The number of aromatic amines is 1. The summed E-state index contributed by atoms with van der Waals surface area (Å²) in [6.45, 7) is 2.55. The molecular formula is C25H27F3N6O2. The van der Waals surface area contributed by atoms with Gasteiger partial charge in [0.2, 0.25) is 0 Å². The number of alkyl halides is 2. The minimum Gasteiger partial charge on any atom is -0.367 e. The number of fused-ring (bicyclic) bond motifs is 1. The summed E-state index contributed by atoms with van der Waals surface area (Å²) in [6, 6.07) is 7.35. The molecule has 1 aliphatic heterocycles. The average Bonchev–Trinajstić information content (AvgIpc) is 3.39. The molecule has 2 N–H and O–H groups in total. The summed E-state index contributed by atoms with van der Waals surface area (Å²) in [5, 5.41) is 2.65. The lowest BCUT2D eigenvalue weighted by molar-refractivity contribution is 0.0956. The maximum absolute atomic E-state index is 13.7. The lowest BCUT2D eigenvalue weighted by Gasteiger charge is -2.39. The lowest BCUT2D eigenvalue weighted by atomic mass is 10.1. The standard InChI is InChI=1S/C25H27F3N6O2/c1-29-25(36)19-6-7-20(21(30-19)22(27)28)34-10-8-33(9-11-34)16-4-2-14(12-16)23-31-18-5-3-15(26)13-17(18)24(35)32-23/h3,5-7,13-14,16,22H,2,4,8-12H2,1H3,(H,29,36)(H,31,32,35)/t14-,16+/m1/s1. The smallest absolute Gasteiger partial charge is 0.282 e. The SMILES string of the molecule is CNC(=O)c1ccc(N2CCN([C@H]3CC[C@@H](c4nc5ccc(F)cc5c(=O)[nH]4)C3)CC2)c(C(F)F)n1. The van der Waals surface area contributed by atoms with Crippen molar-refractivity contribution in [2.75, 3.05) is 38.1 Å². The molecule has 2 aromatic heterocycles. The molecule has 0 spiro atoms. The number of carbonyl (C=O) groups is 1. The highest BCUT2D eigenvalue weighted by Gasteiger charge is 2.34. The number of pyridine rings is 1. The lowest BCUT2D eigenvalue weighted by Crippen LogP contribution is -2.50. The molecule has 0 unspecified atom stereocenters. The third kappa shape index (κ3) is 4.67. The topological polar surface area (TPSA) is 94.2 Å². The van der Waals surface area contributed by atoms with Crippen molar-refractivity contribution in [2.24, 2.45) is 0 Å². The molecule has 190 valence electrons. The fourth-order valence-corrected chi connectivity index (χ4v) is 5.34. The van der Waals surface area contributed by atoms with Crippen LogP contribution in [-0.4, -0.2) is 65.0 Å². The monoisotopic (exact) mass is 500 g/mol. The highest BCUT2D eigenvalue weighted by atomic mass is 19.3. The molecule has 3 aromatic rings. The summed E-state index contributed by atoms with van der Waals surface area (Å²) < 4.78 is 40.9. The second-order valence-electron chi connectivity index (χ2n) is 9.28. The van der Waals surface area contributed by atoms with Gasteiger partial charge in [-0.25, -0.2) is 23.1 Å². The van der Waals surface area contributed by atoms with Gasteiger partial charge in [0.15, 0.2) is 0 Å². The predicted octanol–water partition coefficient (Wildman–Crippen LogP) is 3.21. The van der Waals surface area contributed by atoms with E-state index in [0.29, 0.717) is 49.2 Å². The molecular weight excluding hydrogens is 473 g/mol. The molecule has 5 rings (SSSR count). The Labute approximate surface area is 205 Å². The van der Waals surface area contributed by atoms with Gasteiger partial charge in [-0.3, -0.25) is 14.5 Å². The van der Waals surface area contributed by atoms with Crippen molar-refractivity contribution in [1.29, 1.82) is 0 Å². The number of amides is 1. The van der Waals surface area contributed by atoms with Gasteiger partial charge < -0.3 is 15.2 Å². The molecule has 1 amide bonds. The van der Waals surface area contributed by atoms with E-state index >= 15 is 0 Å². The fourth-order valence-electron chi connectivity index (χ4n) is 5.34. The van der Waals surface area contributed by atoms with Gasteiger partial charge in [-0.15, -0.1) is 0 Å². The van der Waals surface area contributed by atoms with Gasteiger partial charge in [-0.05, 0) is 49.6 Å². The Morgan fingerprint density at radius 3 is 2.61 bits per heavy atom. The van der Waals surface area contributed by atoms with E-state index < -0.39 is 18.1 Å². The number of piperazine rings is 1. The van der Waals surface area contributed by atoms with Crippen molar-refractivity contribution in [3.8, 4) is 0 Å². The first-order valence-electron chi connectivity index (χ1n) is 12.0. The van der Waals surface area contributed by atoms with E-state index in [1.165, 1.54) is 31.3 Å². The molecule has 2 aliphatic rings. The van der Waals surface area contributed by atoms with Gasteiger partial charge >= 0.3 is 0 Å². The Morgan fingerprint density at radius 2 is 1.89 bits per heavy atom. The number of anilines is 1. The number of carbonyl (C=O) groups excluding carboxylic acids is 1. The summed E-state index contributed by atoms with van der Waals surface area (Å²) in [5.74, 6) is -0.244. The van der Waals surface area contributed by atoms with E-state index in [0.717, 1.165) is 19.3 Å². The zero-order valence-electron chi connectivity index (χ0n) is 19.8. The number of hydrogen-bond donors (Lipinski definition) is 2. The van der Waals surface area contributed by atoms with Gasteiger partial charge in [-0.2, -0.15) is 0 Å². The molecule has 1 saturated carbocycles. The van der Waals surface area contributed by atoms with Gasteiger partial charge in [0.05, 0.1) is 16.6 Å². The van der Waals surface area contributed by atoms with Crippen LogP contribution in [-0.2, 0) is 0 Å². The first-order chi connectivity index (χ1) is 17.3. The first-order valence-corrected chi connectivity index (χ1v) is 12.0. The van der Waals surface area contributed by atoms with E-state index in [9.17, 15) is 22.8 Å². The van der Waals surface area contributed by atoms with Crippen molar-refractivity contribution >= 4 is 22.5 Å². The molecule has 36 heavy (non-hydrogen) atoms. The third-order valence-electron chi connectivity index (χ3n) is 7.22. The van der Waals surface area contributed by atoms with Crippen molar-refractivity contribution in [3.63, 3.8) is 0 Å². The van der Waals surface area contributed by atoms with Crippen molar-refractivity contribution in [3.05, 3.63) is 63.7 Å². The average molecular weight is 501 g/mol. The number of benzene rings is 1. The maximum atomic E-state index is 13.7. The van der Waals surface area contributed by atoms with Crippen LogP contribution in [0.25, 0.3) is 10.9 Å². The Kier molecular flexibility index (Phi) is 6.65. The number of aromatic nitrogens is 3. The van der Waals surface area contributed by atoms with Crippen LogP contribution in [0.5, 0.6) is 0 Å². The van der Waals surface area contributed by atoms with E-state index in [1.807, 2.05) is 4.90 Å². The summed E-state index contributed by atoms with van der Waals surface area (Å²) in [4.78, 5) is 39.9. The number of nitrogens with zero attached hydrogens (tertiary/aromatic N) is 4. The number of rotatable bonds is 5. The van der Waals surface area contributed by atoms with Crippen LogP contribution in [0.1, 0.15) is 53.6 Å². The summed E-state index contributed by atoms with van der Waals surface area (Å²) in [5.41, 5.74) is 0.0980. The highest BCUT2D eigenvalue weighted by Crippen LogP contribution is 2.36. The zero-order valence-corrected chi connectivity index (χ0v) is 19.8. The molecule has 2 fully saturated rings. The molecule has 3 heterocycles. The van der Waals surface area contributed by atoms with Gasteiger partial charge in [0.1, 0.15) is 23.0 Å². The van der Waals surface area contributed by atoms with Crippen molar-refractivity contribution in [1.82, 2.24) is 25.2 Å². The Hall–Kier alpha value is -3.47. The molecule has 0 bridgehead atoms. The van der Waals surface area contributed by atoms with Gasteiger partial charge in [-0.1, -0.05) is 0 Å². The van der Waals surface area contributed by atoms with E-state index in [1.54, 1.807) is 6.07 Å². The predicted molar refractivity (Wildman–Crippen MR) is 129 cm³/mol. The van der Waals surface area contributed by atoms with Crippen molar-refractivity contribution < 1.29 is 18.0 Å². The zero-order chi connectivity index (χ0) is 25.4. The minimum absolute atomic E-state index is 0.0299. The molecule has 11 heteroatoms. The van der Waals surface area contributed by atoms with Crippen LogP contribution < -0.4 is 15.8 Å². The van der Waals surface area contributed by atoms with E-state index in [2.05, 4.69) is 25.2 Å². The van der Waals surface area contributed by atoms with Gasteiger partial charge in [0.25, 0.3) is 17.9 Å². The van der Waals surface area contributed by atoms with Crippen LogP contribution in [0.15, 0.2) is 35.1 Å². The van der Waals surface area contributed by atoms with E-state index in [-0.39, 0.29) is 28.3 Å². The molecule has 1 saturated heterocycles. The summed E-state index contributed by atoms with van der Waals surface area (Å²) in [6.07, 6.45) is -0.131. The third-order valence-corrected chi connectivity index (χ3v) is 7.22. The maximum Gasteiger partial charge on any atom is 0.282 e. The molecule has 1 aliphatic carbocycles. The Bertz CT molecular complexity index is 1340. The van der Waals surface area contributed by atoms with Crippen molar-refractivity contribution in [2.45, 2.75) is 37.6 Å². The van der Waals surface area contributed by atoms with Crippen LogP contribution in [0.3, 0.4) is 0 Å². The summed E-state index contributed by atoms with van der Waals surface area (Å²) in [7, 11) is 1.43. The quantitative estimate of drug-likeness (QED) is 0.559. The van der Waals surface area contributed by atoms with Crippen LogP contribution in [0.4, 0.5) is 18.9 Å².